The second kappa shape index (κ2) is 8.38. The van der Waals surface area contributed by atoms with Crippen LogP contribution in [-0.4, -0.2) is 41.7 Å². The van der Waals surface area contributed by atoms with Crippen LogP contribution in [0.2, 0.25) is 0 Å². The fraction of sp³-hybridized carbons (Fsp3) is 0.350. The SMILES string of the molecule is O=C(Nc1cc(F)cc(F)c1)c1cccc(CCN2CCCC(O)C2)c1. The van der Waals surface area contributed by atoms with E-state index in [2.05, 4.69) is 10.2 Å². The number of anilines is 1. The van der Waals surface area contributed by atoms with Gasteiger partial charge in [0.15, 0.2) is 0 Å². The zero-order chi connectivity index (χ0) is 18.5. The van der Waals surface area contributed by atoms with E-state index in [9.17, 15) is 18.7 Å². The molecule has 1 amide bonds. The molecule has 4 nitrogen and oxygen atoms in total. The van der Waals surface area contributed by atoms with Crippen molar-refractivity contribution < 1.29 is 18.7 Å². The molecule has 0 spiro atoms. The summed E-state index contributed by atoms with van der Waals surface area (Å²) in [5.74, 6) is -1.89. The van der Waals surface area contributed by atoms with Crippen LogP contribution < -0.4 is 5.32 Å². The first-order chi connectivity index (χ1) is 12.5. The number of amides is 1. The number of hydrogen-bond acceptors (Lipinski definition) is 3. The highest BCUT2D eigenvalue weighted by Gasteiger charge is 2.17. The first kappa shape index (κ1) is 18.5. The molecule has 0 radical (unpaired) electrons. The molecule has 1 atom stereocenters. The van der Waals surface area contributed by atoms with Gasteiger partial charge in [-0.15, -0.1) is 0 Å². The summed E-state index contributed by atoms with van der Waals surface area (Å²) in [5.41, 5.74) is 1.52. The van der Waals surface area contributed by atoms with Crippen molar-refractivity contribution in [1.82, 2.24) is 4.90 Å². The highest BCUT2D eigenvalue weighted by atomic mass is 19.1. The van der Waals surface area contributed by atoms with Gasteiger partial charge in [0.25, 0.3) is 5.91 Å². The Morgan fingerprint density at radius 2 is 1.96 bits per heavy atom. The topological polar surface area (TPSA) is 52.6 Å². The van der Waals surface area contributed by atoms with E-state index in [0.717, 1.165) is 56.1 Å². The van der Waals surface area contributed by atoms with Gasteiger partial charge >= 0.3 is 0 Å². The van der Waals surface area contributed by atoms with E-state index < -0.39 is 17.5 Å². The van der Waals surface area contributed by atoms with Gasteiger partial charge in [0.2, 0.25) is 0 Å². The largest absolute Gasteiger partial charge is 0.392 e. The minimum absolute atomic E-state index is 0.0835. The quantitative estimate of drug-likeness (QED) is 0.861. The molecule has 26 heavy (non-hydrogen) atoms. The van der Waals surface area contributed by atoms with Crippen molar-refractivity contribution in [3.63, 3.8) is 0 Å². The highest BCUT2D eigenvalue weighted by molar-refractivity contribution is 6.04. The van der Waals surface area contributed by atoms with Crippen LogP contribution in [0.3, 0.4) is 0 Å². The number of nitrogens with zero attached hydrogens (tertiary/aromatic N) is 1. The third-order valence-electron chi connectivity index (χ3n) is 4.51. The van der Waals surface area contributed by atoms with Crippen LogP contribution in [0.1, 0.15) is 28.8 Å². The number of likely N-dealkylation sites (tertiary alicyclic amines) is 1. The molecule has 1 saturated heterocycles. The molecule has 0 aromatic heterocycles. The maximum atomic E-state index is 13.2. The molecule has 0 aliphatic carbocycles. The van der Waals surface area contributed by atoms with E-state index in [1.54, 1.807) is 18.2 Å². The first-order valence-corrected chi connectivity index (χ1v) is 8.76. The lowest BCUT2D eigenvalue weighted by Crippen LogP contribution is -2.39. The summed E-state index contributed by atoms with van der Waals surface area (Å²) in [4.78, 5) is 14.6. The maximum absolute atomic E-state index is 13.2. The fourth-order valence-electron chi connectivity index (χ4n) is 3.22. The molecular weight excluding hydrogens is 338 g/mol. The molecule has 2 aromatic rings. The molecular formula is C20H22F2N2O2. The van der Waals surface area contributed by atoms with Crippen molar-refractivity contribution in [3.05, 3.63) is 65.2 Å². The van der Waals surface area contributed by atoms with E-state index in [0.29, 0.717) is 12.1 Å². The zero-order valence-electron chi connectivity index (χ0n) is 14.4. The lowest BCUT2D eigenvalue weighted by Gasteiger charge is -2.29. The van der Waals surface area contributed by atoms with E-state index >= 15 is 0 Å². The molecule has 0 saturated carbocycles. The summed E-state index contributed by atoms with van der Waals surface area (Å²) in [6.07, 6.45) is 2.36. The summed E-state index contributed by atoms with van der Waals surface area (Å²) < 4.78 is 26.5. The summed E-state index contributed by atoms with van der Waals surface area (Å²) in [6.45, 7) is 2.48. The Morgan fingerprint density at radius 3 is 2.69 bits per heavy atom. The Labute approximate surface area is 151 Å². The highest BCUT2D eigenvalue weighted by Crippen LogP contribution is 2.16. The second-order valence-corrected chi connectivity index (χ2v) is 6.66. The van der Waals surface area contributed by atoms with Crippen molar-refractivity contribution in [2.75, 3.05) is 25.0 Å². The number of piperidine rings is 1. The number of carbonyl (C=O) groups is 1. The van der Waals surface area contributed by atoms with Gasteiger partial charge in [0.1, 0.15) is 11.6 Å². The lowest BCUT2D eigenvalue weighted by atomic mass is 10.0. The smallest absolute Gasteiger partial charge is 0.255 e. The van der Waals surface area contributed by atoms with Crippen molar-refractivity contribution in [3.8, 4) is 0 Å². The Balaban J connectivity index is 1.61. The van der Waals surface area contributed by atoms with Gasteiger partial charge in [-0.2, -0.15) is 0 Å². The number of aliphatic hydroxyl groups is 1. The number of rotatable bonds is 5. The van der Waals surface area contributed by atoms with Crippen molar-refractivity contribution >= 4 is 11.6 Å². The molecule has 1 fully saturated rings. The summed E-state index contributed by atoms with van der Waals surface area (Å²) in [7, 11) is 0. The van der Waals surface area contributed by atoms with Crippen molar-refractivity contribution in [2.24, 2.45) is 0 Å². The molecule has 138 valence electrons. The molecule has 0 bridgehead atoms. The van der Waals surface area contributed by atoms with Crippen LogP contribution in [-0.2, 0) is 6.42 Å². The minimum Gasteiger partial charge on any atom is -0.392 e. The standard InChI is InChI=1S/C20H22F2N2O2/c21-16-10-17(22)12-18(11-16)23-20(26)15-4-1-3-14(9-15)6-8-24-7-2-5-19(25)13-24/h1,3-4,9-12,19,25H,2,5-8,13H2,(H,23,26). The molecule has 1 aliphatic heterocycles. The van der Waals surface area contributed by atoms with Gasteiger partial charge < -0.3 is 15.3 Å². The molecule has 3 rings (SSSR count). The first-order valence-electron chi connectivity index (χ1n) is 8.76. The summed E-state index contributed by atoms with van der Waals surface area (Å²) in [5, 5.41) is 12.2. The van der Waals surface area contributed by atoms with Gasteiger partial charge in [0, 0.05) is 30.4 Å². The number of carbonyl (C=O) groups excluding carboxylic acids is 1. The minimum atomic E-state index is -0.738. The zero-order valence-corrected chi connectivity index (χ0v) is 14.4. The Bertz CT molecular complexity index is 762. The molecule has 1 heterocycles. The monoisotopic (exact) mass is 360 g/mol. The van der Waals surface area contributed by atoms with Crippen LogP contribution in [0.5, 0.6) is 0 Å². The van der Waals surface area contributed by atoms with Crippen LogP contribution in [0, 0.1) is 11.6 Å². The van der Waals surface area contributed by atoms with E-state index in [1.165, 1.54) is 0 Å². The number of nitrogens with one attached hydrogen (secondary N) is 1. The number of halogens is 2. The normalized spacial score (nSPS) is 17.9. The Hall–Kier alpha value is -2.31. The molecule has 6 heteroatoms. The molecule has 2 N–H and O–H groups in total. The second-order valence-electron chi connectivity index (χ2n) is 6.66. The fourth-order valence-corrected chi connectivity index (χ4v) is 3.22. The van der Waals surface area contributed by atoms with Gasteiger partial charge in [-0.1, -0.05) is 12.1 Å². The van der Waals surface area contributed by atoms with E-state index in [1.807, 2.05) is 6.07 Å². The third kappa shape index (κ3) is 5.09. The van der Waals surface area contributed by atoms with Crippen molar-refractivity contribution in [1.29, 1.82) is 0 Å². The molecule has 1 unspecified atom stereocenters. The Morgan fingerprint density at radius 1 is 1.19 bits per heavy atom. The molecule has 1 aliphatic rings. The number of aliphatic hydroxyl groups excluding tert-OH is 1. The van der Waals surface area contributed by atoms with Gasteiger partial charge in [0.05, 0.1) is 6.10 Å². The number of β-amino-alcohol motifs (C(OH)–C–C–N with tert-alkyl or cyclic N) is 1. The van der Waals surface area contributed by atoms with E-state index in [4.69, 9.17) is 0 Å². The van der Waals surface area contributed by atoms with Gasteiger partial charge in [-0.3, -0.25) is 4.79 Å². The van der Waals surface area contributed by atoms with Gasteiger partial charge in [-0.25, -0.2) is 8.78 Å². The summed E-state index contributed by atoms with van der Waals surface area (Å²) in [6, 6.07) is 10.1. The van der Waals surface area contributed by atoms with Crippen LogP contribution in [0.15, 0.2) is 42.5 Å². The summed E-state index contributed by atoms with van der Waals surface area (Å²) >= 11 is 0. The predicted octanol–water partition coefficient (Wildman–Crippen LogP) is 3.22. The average molecular weight is 360 g/mol. The van der Waals surface area contributed by atoms with Crippen LogP contribution in [0.25, 0.3) is 0 Å². The maximum Gasteiger partial charge on any atom is 0.255 e. The predicted molar refractivity (Wildman–Crippen MR) is 96.1 cm³/mol. The number of hydrogen-bond donors (Lipinski definition) is 2. The van der Waals surface area contributed by atoms with Crippen LogP contribution >= 0.6 is 0 Å². The average Bonchev–Trinajstić information content (AvgIpc) is 2.59. The van der Waals surface area contributed by atoms with Crippen LogP contribution in [0.4, 0.5) is 14.5 Å². The number of benzene rings is 2. The van der Waals surface area contributed by atoms with E-state index in [-0.39, 0.29) is 11.8 Å². The molecule has 2 aromatic carbocycles. The Kier molecular flexibility index (Phi) is 5.96. The van der Waals surface area contributed by atoms with Gasteiger partial charge in [-0.05, 0) is 55.6 Å². The van der Waals surface area contributed by atoms with Crippen molar-refractivity contribution in [2.45, 2.75) is 25.4 Å². The third-order valence-corrected chi connectivity index (χ3v) is 4.51. The lowest BCUT2D eigenvalue weighted by molar-refractivity contribution is 0.0714.